The van der Waals surface area contributed by atoms with Gasteiger partial charge in [0.1, 0.15) is 5.82 Å². The van der Waals surface area contributed by atoms with Crippen LogP contribution >= 0.6 is 0 Å². The van der Waals surface area contributed by atoms with Gasteiger partial charge >= 0.3 is 0 Å². The first kappa shape index (κ1) is 16.1. The van der Waals surface area contributed by atoms with Crippen LogP contribution in [0.4, 0.5) is 5.82 Å². The number of likely N-dealkylation sites (N-methyl/N-ethyl adjacent to an activating group) is 1. The average Bonchev–Trinajstić information content (AvgIpc) is 3.07. The molecule has 5 heteroatoms. The molecule has 3 aromatic rings. The van der Waals surface area contributed by atoms with Gasteiger partial charge in [0.15, 0.2) is 0 Å². The molecule has 0 atom stereocenters. The Labute approximate surface area is 148 Å². The van der Waals surface area contributed by atoms with Gasteiger partial charge in [-0.25, -0.2) is 4.98 Å². The monoisotopic (exact) mass is 335 g/mol. The van der Waals surface area contributed by atoms with Gasteiger partial charge in [0, 0.05) is 56.1 Å². The summed E-state index contributed by atoms with van der Waals surface area (Å²) < 4.78 is 1.86. The molecular weight excluding hydrogens is 310 g/mol. The third kappa shape index (κ3) is 3.00. The second-order valence-electron chi connectivity index (χ2n) is 6.89. The second kappa shape index (κ2) is 6.48. The van der Waals surface area contributed by atoms with Crippen molar-refractivity contribution in [3.8, 4) is 11.1 Å². The summed E-state index contributed by atoms with van der Waals surface area (Å²) in [6.45, 7) is 6.37. The molecule has 1 aromatic carbocycles. The first-order chi connectivity index (χ1) is 12.2. The molecule has 0 bridgehead atoms. The van der Waals surface area contributed by atoms with E-state index >= 15 is 0 Å². The zero-order valence-electron chi connectivity index (χ0n) is 15.2. The summed E-state index contributed by atoms with van der Waals surface area (Å²) in [7, 11) is 4.15. The Morgan fingerprint density at radius 1 is 1.08 bits per heavy atom. The highest BCUT2D eigenvalue weighted by molar-refractivity contribution is 6.04. The Bertz CT molecular complexity index is 890. The predicted molar refractivity (Wildman–Crippen MR) is 103 cm³/mol. The molecule has 2 aromatic heterocycles. The molecule has 1 fully saturated rings. The number of anilines is 1. The van der Waals surface area contributed by atoms with Crippen molar-refractivity contribution in [3.63, 3.8) is 0 Å². The number of hydrogen-bond acceptors (Lipinski definition) is 4. The first-order valence-electron chi connectivity index (χ1n) is 9.01. The Morgan fingerprint density at radius 3 is 2.56 bits per heavy atom. The van der Waals surface area contributed by atoms with Crippen LogP contribution in [-0.2, 0) is 13.5 Å². The van der Waals surface area contributed by atoms with E-state index in [0.717, 1.165) is 49.7 Å². The number of pyridine rings is 1. The first-order valence-corrected chi connectivity index (χ1v) is 9.01. The fraction of sp³-hybridized carbons (Fsp3) is 0.400. The molecule has 1 aliphatic heterocycles. The van der Waals surface area contributed by atoms with E-state index in [1.807, 2.05) is 17.9 Å². The molecule has 0 unspecified atom stereocenters. The Morgan fingerprint density at radius 2 is 1.88 bits per heavy atom. The minimum atomic E-state index is 0.952. The molecule has 25 heavy (non-hydrogen) atoms. The highest BCUT2D eigenvalue weighted by Gasteiger charge is 2.20. The highest BCUT2D eigenvalue weighted by atomic mass is 15.3. The largest absolute Gasteiger partial charge is 0.354 e. The fourth-order valence-corrected chi connectivity index (χ4v) is 3.57. The van der Waals surface area contributed by atoms with Crippen molar-refractivity contribution in [1.82, 2.24) is 19.7 Å². The van der Waals surface area contributed by atoms with Crippen LogP contribution in [0.3, 0.4) is 0 Å². The summed E-state index contributed by atoms with van der Waals surface area (Å²) in [4.78, 5) is 9.87. The molecule has 5 nitrogen and oxygen atoms in total. The van der Waals surface area contributed by atoms with E-state index in [2.05, 4.69) is 59.3 Å². The molecule has 0 amide bonds. The van der Waals surface area contributed by atoms with Gasteiger partial charge in [-0.15, -0.1) is 0 Å². The number of benzene rings is 1. The molecule has 0 radical (unpaired) electrons. The standard InChI is InChI=1S/C20H25N5/c1-4-17-12-15-6-5-7-18(16-13-21-24(3)14-16)19(15)20(22-17)25-10-8-23(2)9-11-25/h5-7,12-14H,4,8-11H2,1-3H3. The quantitative estimate of drug-likeness (QED) is 0.737. The molecule has 0 aliphatic carbocycles. The van der Waals surface area contributed by atoms with E-state index in [0.29, 0.717) is 0 Å². The van der Waals surface area contributed by atoms with Crippen molar-refractivity contribution >= 4 is 16.6 Å². The van der Waals surface area contributed by atoms with E-state index in [-0.39, 0.29) is 0 Å². The number of piperazine rings is 1. The van der Waals surface area contributed by atoms with Crippen molar-refractivity contribution in [2.75, 3.05) is 38.1 Å². The molecule has 0 N–H and O–H groups in total. The van der Waals surface area contributed by atoms with Crippen LogP contribution in [0.25, 0.3) is 21.9 Å². The average molecular weight is 335 g/mol. The van der Waals surface area contributed by atoms with Gasteiger partial charge in [-0.2, -0.15) is 5.10 Å². The maximum Gasteiger partial charge on any atom is 0.137 e. The molecule has 1 aliphatic rings. The van der Waals surface area contributed by atoms with E-state index in [4.69, 9.17) is 4.98 Å². The van der Waals surface area contributed by atoms with Crippen molar-refractivity contribution in [2.45, 2.75) is 13.3 Å². The third-order valence-corrected chi connectivity index (χ3v) is 5.07. The van der Waals surface area contributed by atoms with Crippen molar-refractivity contribution in [3.05, 3.63) is 42.4 Å². The van der Waals surface area contributed by atoms with Crippen LogP contribution in [0.1, 0.15) is 12.6 Å². The minimum Gasteiger partial charge on any atom is -0.354 e. The van der Waals surface area contributed by atoms with Crippen molar-refractivity contribution in [2.24, 2.45) is 7.05 Å². The van der Waals surface area contributed by atoms with Gasteiger partial charge in [-0.3, -0.25) is 4.68 Å². The smallest absolute Gasteiger partial charge is 0.137 e. The van der Waals surface area contributed by atoms with Gasteiger partial charge in [-0.1, -0.05) is 25.1 Å². The summed E-state index contributed by atoms with van der Waals surface area (Å²) in [5.41, 5.74) is 3.52. The van der Waals surface area contributed by atoms with Crippen LogP contribution in [0, 0.1) is 0 Å². The van der Waals surface area contributed by atoms with Gasteiger partial charge in [0.05, 0.1) is 6.20 Å². The lowest BCUT2D eigenvalue weighted by Gasteiger charge is -2.34. The molecule has 1 saturated heterocycles. The summed E-state index contributed by atoms with van der Waals surface area (Å²) in [5, 5.41) is 6.87. The van der Waals surface area contributed by atoms with Crippen LogP contribution in [0.15, 0.2) is 36.7 Å². The second-order valence-corrected chi connectivity index (χ2v) is 6.89. The molecule has 0 spiro atoms. The summed E-state index contributed by atoms with van der Waals surface area (Å²) in [5.74, 6) is 1.13. The van der Waals surface area contributed by atoms with E-state index in [1.165, 1.54) is 16.3 Å². The molecule has 130 valence electrons. The highest BCUT2D eigenvalue weighted by Crippen LogP contribution is 2.35. The Hall–Kier alpha value is -2.40. The topological polar surface area (TPSA) is 37.2 Å². The zero-order valence-corrected chi connectivity index (χ0v) is 15.2. The molecular formula is C20H25N5. The van der Waals surface area contributed by atoms with E-state index in [1.54, 1.807) is 0 Å². The summed E-state index contributed by atoms with van der Waals surface area (Å²) in [6.07, 6.45) is 4.97. The summed E-state index contributed by atoms with van der Waals surface area (Å²) >= 11 is 0. The lowest BCUT2D eigenvalue weighted by atomic mass is 9.99. The molecule has 0 saturated carbocycles. The lowest BCUT2D eigenvalue weighted by Crippen LogP contribution is -2.45. The minimum absolute atomic E-state index is 0.952. The number of aromatic nitrogens is 3. The van der Waals surface area contributed by atoms with Crippen LogP contribution in [0.5, 0.6) is 0 Å². The normalized spacial score (nSPS) is 15.9. The maximum atomic E-state index is 5.04. The fourth-order valence-electron chi connectivity index (χ4n) is 3.57. The number of hydrogen-bond donors (Lipinski definition) is 0. The van der Waals surface area contributed by atoms with Crippen molar-refractivity contribution in [1.29, 1.82) is 0 Å². The number of fused-ring (bicyclic) bond motifs is 1. The predicted octanol–water partition coefficient (Wildman–Crippen LogP) is 2.95. The number of rotatable bonds is 3. The van der Waals surface area contributed by atoms with Gasteiger partial charge < -0.3 is 9.80 Å². The molecule has 4 rings (SSSR count). The maximum absolute atomic E-state index is 5.04. The van der Waals surface area contributed by atoms with Gasteiger partial charge in [0.2, 0.25) is 0 Å². The number of aryl methyl sites for hydroxylation is 2. The molecule has 3 heterocycles. The van der Waals surface area contributed by atoms with Crippen LogP contribution < -0.4 is 4.90 Å². The SMILES string of the molecule is CCc1cc2cccc(-c3cnn(C)c3)c2c(N2CCN(C)CC2)n1. The van der Waals surface area contributed by atoms with Crippen LogP contribution in [-0.4, -0.2) is 52.9 Å². The van der Waals surface area contributed by atoms with Crippen LogP contribution in [0.2, 0.25) is 0 Å². The summed E-state index contributed by atoms with van der Waals surface area (Å²) in [6, 6.07) is 8.76. The lowest BCUT2D eigenvalue weighted by molar-refractivity contribution is 0.312. The Kier molecular flexibility index (Phi) is 4.17. The number of nitrogens with zero attached hydrogens (tertiary/aromatic N) is 5. The van der Waals surface area contributed by atoms with E-state index < -0.39 is 0 Å². The van der Waals surface area contributed by atoms with Gasteiger partial charge in [0.25, 0.3) is 0 Å². The van der Waals surface area contributed by atoms with Gasteiger partial charge in [-0.05, 0) is 30.5 Å². The zero-order chi connectivity index (χ0) is 17.4. The van der Waals surface area contributed by atoms with E-state index in [9.17, 15) is 0 Å². The van der Waals surface area contributed by atoms with Crippen molar-refractivity contribution < 1.29 is 0 Å². The third-order valence-electron chi connectivity index (χ3n) is 5.07. The Balaban J connectivity index is 1.92.